The Morgan fingerprint density at radius 2 is 1.62 bits per heavy atom. The van der Waals surface area contributed by atoms with E-state index in [0.29, 0.717) is 10.6 Å². The van der Waals surface area contributed by atoms with E-state index in [0.717, 1.165) is 0 Å². The highest BCUT2D eigenvalue weighted by atomic mass is 35.5. The lowest BCUT2D eigenvalue weighted by atomic mass is 10.0. The Hall–Kier alpha value is -3.59. The highest BCUT2D eigenvalue weighted by Crippen LogP contribution is 2.25. The van der Waals surface area contributed by atoms with Crippen LogP contribution in [-0.2, 0) is 0 Å². The standard InChI is InChI=1S/C18H9ClN4O/c19-14-6-7-15(18(24)12-4-2-1-3-5-12)16(8-14)23-17(11-22)13(9-20)10-21/h1-8,23H. The van der Waals surface area contributed by atoms with Crippen LogP contribution in [0, 0.1) is 34.0 Å². The quantitative estimate of drug-likeness (QED) is 0.677. The van der Waals surface area contributed by atoms with Gasteiger partial charge in [-0.3, -0.25) is 4.79 Å². The maximum absolute atomic E-state index is 12.6. The first-order valence-electron chi connectivity index (χ1n) is 6.71. The third-order valence-corrected chi connectivity index (χ3v) is 3.34. The Kier molecular flexibility index (Phi) is 5.32. The number of ketones is 1. The van der Waals surface area contributed by atoms with Crippen molar-refractivity contribution in [2.75, 3.05) is 5.32 Å². The molecule has 114 valence electrons. The molecule has 0 aliphatic rings. The molecule has 2 aromatic rings. The molecule has 0 radical (unpaired) electrons. The van der Waals surface area contributed by atoms with Gasteiger partial charge in [0, 0.05) is 16.1 Å². The second-order valence-electron chi connectivity index (χ2n) is 4.60. The largest absolute Gasteiger partial charge is 0.344 e. The lowest BCUT2D eigenvalue weighted by Crippen LogP contribution is -2.08. The highest BCUT2D eigenvalue weighted by Gasteiger charge is 2.16. The van der Waals surface area contributed by atoms with E-state index < -0.39 is 0 Å². The number of rotatable bonds is 4. The molecule has 0 unspecified atom stereocenters. The summed E-state index contributed by atoms with van der Waals surface area (Å²) >= 11 is 5.96. The third kappa shape index (κ3) is 3.59. The maximum Gasteiger partial charge on any atom is 0.195 e. The smallest absolute Gasteiger partial charge is 0.195 e. The van der Waals surface area contributed by atoms with Gasteiger partial charge in [0.05, 0.1) is 5.69 Å². The van der Waals surface area contributed by atoms with Gasteiger partial charge in [-0.15, -0.1) is 0 Å². The van der Waals surface area contributed by atoms with E-state index in [4.69, 9.17) is 27.4 Å². The van der Waals surface area contributed by atoms with Gasteiger partial charge in [0.15, 0.2) is 11.4 Å². The second kappa shape index (κ2) is 7.61. The number of benzene rings is 2. The molecule has 0 heterocycles. The molecule has 0 bridgehead atoms. The van der Waals surface area contributed by atoms with Crippen molar-refractivity contribution in [1.29, 1.82) is 15.8 Å². The van der Waals surface area contributed by atoms with Crippen LogP contribution in [-0.4, -0.2) is 5.78 Å². The average molecular weight is 333 g/mol. The van der Waals surface area contributed by atoms with Gasteiger partial charge in [0.25, 0.3) is 0 Å². The predicted molar refractivity (Wildman–Crippen MR) is 88.8 cm³/mol. The molecule has 0 aliphatic heterocycles. The summed E-state index contributed by atoms with van der Waals surface area (Å²) in [5.74, 6) is -0.275. The van der Waals surface area contributed by atoms with E-state index in [2.05, 4.69) is 5.32 Å². The molecule has 0 amide bonds. The summed E-state index contributed by atoms with van der Waals surface area (Å²) in [4.78, 5) is 12.6. The lowest BCUT2D eigenvalue weighted by Gasteiger charge is -2.11. The Morgan fingerprint density at radius 1 is 0.958 bits per heavy atom. The minimum absolute atomic E-state index is 0.246. The fraction of sp³-hybridized carbons (Fsp3) is 0. The van der Waals surface area contributed by atoms with Crippen molar-refractivity contribution in [3.05, 3.63) is 76.0 Å². The molecular formula is C18H9ClN4O. The minimum atomic E-state index is -0.379. The minimum Gasteiger partial charge on any atom is -0.344 e. The van der Waals surface area contributed by atoms with E-state index in [1.807, 2.05) is 0 Å². The van der Waals surface area contributed by atoms with Crippen molar-refractivity contribution in [3.8, 4) is 18.2 Å². The number of hydrogen-bond acceptors (Lipinski definition) is 5. The van der Waals surface area contributed by atoms with Crippen molar-refractivity contribution in [3.63, 3.8) is 0 Å². The molecule has 6 heteroatoms. The monoisotopic (exact) mass is 332 g/mol. The number of carbonyl (C=O) groups is 1. The van der Waals surface area contributed by atoms with E-state index in [-0.39, 0.29) is 28.3 Å². The van der Waals surface area contributed by atoms with Gasteiger partial charge < -0.3 is 5.32 Å². The molecule has 0 saturated heterocycles. The summed E-state index contributed by atoms with van der Waals surface area (Å²) in [6.07, 6.45) is 0. The van der Waals surface area contributed by atoms with E-state index in [1.165, 1.54) is 12.1 Å². The molecule has 2 aromatic carbocycles. The number of nitriles is 3. The van der Waals surface area contributed by atoms with Gasteiger partial charge in [0.1, 0.15) is 23.9 Å². The zero-order chi connectivity index (χ0) is 17.5. The summed E-state index contributed by atoms with van der Waals surface area (Å²) in [5, 5.41) is 30.0. The van der Waals surface area contributed by atoms with Crippen LogP contribution in [0.5, 0.6) is 0 Å². The van der Waals surface area contributed by atoms with Crippen LogP contribution < -0.4 is 5.32 Å². The zero-order valence-electron chi connectivity index (χ0n) is 12.2. The van der Waals surface area contributed by atoms with Crippen LogP contribution in [0.3, 0.4) is 0 Å². The summed E-state index contributed by atoms with van der Waals surface area (Å²) < 4.78 is 0. The Morgan fingerprint density at radius 3 is 2.21 bits per heavy atom. The highest BCUT2D eigenvalue weighted by molar-refractivity contribution is 6.31. The number of carbonyl (C=O) groups excluding carboxylic acids is 1. The van der Waals surface area contributed by atoms with Crippen molar-refractivity contribution in [2.45, 2.75) is 0 Å². The van der Waals surface area contributed by atoms with E-state index in [9.17, 15) is 4.79 Å². The Labute approximate surface area is 143 Å². The maximum atomic E-state index is 12.6. The number of halogens is 1. The fourth-order valence-electron chi connectivity index (χ4n) is 1.98. The van der Waals surface area contributed by atoms with Crippen LogP contribution in [0.15, 0.2) is 59.8 Å². The third-order valence-electron chi connectivity index (χ3n) is 3.11. The van der Waals surface area contributed by atoms with E-state index in [1.54, 1.807) is 54.6 Å². The SMILES string of the molecule is N#CC(C#N)=C(C#N)Nc1cc(Cl)ccc1C(=O)c1ccccc1. The van der Waals surface area contributed by atoms with Crippen molar-refractivity contribution in [2.24, 2.45) is 0 Å². The van der Waals surface area contributed by atoms with Crippen LogP contribution in [0.2, 0.25) is 5.02 Å². The molecule has 0 spiro atoms. The molecule has 0 aliphatic carbocycles. The number of allylic oxidation sites excluding steroid dienone is 2. The number of anilines is 1. The molecule has 0 aromatic heterocycles. The van der Waals surface area contributed by atoms with Crippen LogP contribution >= 0.6 is 11.6 Å². The van der Waals surface area contributed by atoms with Crippen LogP contribution in [0.25, 0.3) is 0 Å². The molecule has 0 saturated carbocycles. The summed E-state index contributed by atoms with van der Waals surface area (Å²) in [6.45, 7) is 0. The summed E-state index contributed by atoms with van der Waals surface area (Å²) in [5.41, 5.74) is 0.357. The fourth-order valence-corrected chi connectivity index (χ4v) is 2.15. The normalized spacial score (nSPS) is 9.08. The molecular weight excluding hydrogens is 324 g/mol. The molecule has 0 atom stereocenters. The van der Waals surface area contributed by atoms with Crippen molar-refractivity contribution < 1.29 is 4.79 Å². The number of hydrogen-bond donors (Lipinski definition) is 1. The van der Waals surface area contributed by atoms with Crippen molar-refractivity contribution in [1.82, 2.24) is 0 Å². The lowest BCUT2D eigenvalue weighted by molar-refractivity contribution is 0.103. The van der Waals surface area contributed by atoms with E-state index >= 15 is 0 Å². The first-order chi connectivity index (χ1) is 11.6. The molecule has 1 N–H and O–H groups in total. The van der Waals surface area contributed by atoms with Crippen LogP contribution in [0.4, 0.5) is 5.69 Å². The Balaban J connectivity index is 2.53. The molecule has 2 rings (SSSR count). The predicted octanol–water partition coefficient (Wildman–Crippen LogP) is 3.81. The second-order valence-corrected chi connectivity index (χ2v) is 5.03. The summed E-state index contributed by atoms with van der Waals surface area (Å²) in [7, 11) is 0. The number of nitrogens with zero attached hydrogens (tertiary/aromatic N) is 3. The molecule has 5 nitrogen and oxygen atoms in total. The van der Waals surface area contributed by atoms with Crippen LogP contribution in [0.1, 0.15) is 15.9 Å². The zero-order valence-corrected chi connectivity index (χ0v) is 13.0. The van der Waals surface area contributed by atoms with Gasteiger partial charge in [0.2, 0.25) is 0 Å². The first kappa shape index (κ1) is 16.8. The van der Waals surface area contributed by atoms with Gasteiger partial charge in [-0.1, -0.05) is 41.9 Å². The Bertz CT molecular complexity index is 928. The molecule has 0 fully saturated rings. The van der Waals surface area contributed by atoms with Gasteiger partial charge in [-0.05, 0) is 18.2 Å². The van der Waals surface area contributed by atoms with Gasteiger partial charge in [-0.25, -0.2) is 0 Å². The van der Waals surface area contributed by atoms with Gasteiger partial charge >= 0.3 is 0 Å². The average Bonchev–Trinajstić information content (AvgIpc) is 2.62. The number of nitrogens with one attached hydrogen (secondary N) is 1. The van der Waals surface area contributed by atoms with Gasteiger partial charge in [-0.2, -0.15) is 15.8 Å². The molecule has 24 heavy (non-hydrogen) atoms. The van der Waals surface area contributed by atoms with Crippen molar-refractivity contribution >= 4 is 23.1 Å². The first-order valence-corrected chi connectivity index (χ1v) is 7.09. The topological polar surface area (TPSA) is 100 Å². The summed E-state index contributed by atoms with van der Waals surface area (Å²) in [6, 6.07) is 18.1.